The van der Waals surface area contributed by atoms with Crippen LogP contribution in [0.15, 0.2) is 60.2 Å². The molecule has 0 radical (unpaired) electrons. The molecular weight excluding hydrogens is 332 g/mol. The summed E-state index contributed by atoms with van der Waals surface area (Å²) in [4.78, 5) is 24.2. The van der Waals surface area contributed by atoms with Gasteiger partial charge in [-0.1, -0.05) is 30.3 Å². The third-order valence-electron chi connectivity index (χ3n) is 3.46. The van der Waals surface area contributed by atoms with E-state index in [0.29, 0.717) is 17.0 Å². The predicted octanol–water partition coefficient (Wildman–Crippen LogP) is 3.17. The summed E-state index contributed by atoms with van der Waals surface area (Å²) < 4.78 is 10.1. The summed E-state index contributed by atoms with van der Waals surface area (Å²) in [6.07, 6.45) is 0.346. The van der Waals surface area contributed by atoms with Crippen molar-refractivity contribution in [2.24, 2.45) is 0 Å². The van der Waals surface area contributed by atoms with Crippen LogP contribution in [0.4, 0.5) is 5.69 Å². The fraction of sp³-hybridized carbons (Fsp3) is 0.150. The first-order valence-electron chi connectivity index (χ1n) is 7.86. The van der Waals surface area contributed by atoms with Gasteiger partial charge in [0.15, 0.2) is 6.10 Å². The minimum absolute atomic E-state index is 0.200. The molecule has 0 spiro atoms. The zero-order valence-corrected chi connectivity index (χ0v) is 14.4. The van der Waals surface area contributed by atoms with Crippen molar-refractivity contribution in [1.82, 2.24) is 0 Å². The summed E-state index contributed by atoms with van der Waals surface area (Å²) in [7, 11) is 1.55. The molecule has 0 saturated heterocycles. The van der Waals surface area contributed by atoms with Gasteiger partial charge in [-0.15, -0.1) is 0 Å². The van der Waals surface area contributed by atoms with Crippen LogP contribution in [0.25, 0.3) is 6.08 Å². The Hall–Kier alpha value is -3.59. The van der Waals surface area contributed by atoms with Gasteiger partial charge in [-0.25, -0.2) is 4.79 Å². The molecule has 1 atom stereocenters. The van der Waals surface area contributed by atoms with Crippen molar-refractivity contribution in [2.75, 3.05) is 12.4 Å². The number of carbonyl (C=O) groups excluding carboxylic acids is 2. The molecule has 1 unspecified atom stereocenters. The Morgan fingerprint density at radius 1 is 1.12 bits per heavy atom. The first-order chi connectivity index (χ1) is 12.5. The minimum Gasteiger partial charge on any atom is -0.497 e. The van der Waals surface area contributed by atoms with Crippen LogP contribution >= 0.6 is 0 Å². The molecule has 6 nitrogen and oxygen atoms in total. The topological polar surface area (TPSA) is 88.4 Å². The quantitative estimate of drug-likeness (QED) is 0.491. The average molecular weight is 350 g/mol. The van der Waals surface area contributed by atoms with Crippen LogP contribution in [0.3, 0.4) is 0 Å². The molecule has 0 bridgehead atoms. The molecule has 0 aliphatic rings. The van der Waals surface area contributed by atoms with E-state index < -0.39 is 18.0 Å². The monoisotopic (exact) mass is 350 g/mol. The van der Waals surface area contributed by atoms with Gasteiger partial charge in [0.05, 0.1) is 7.11 Å². The molecule has 26 heavy (non-hydrogen) atoms. The lowest BCUT2D eigenvalue weighted by molar-refractivity contribution is -0.148. The average Bonchev–Trinajstić information content (AvgIpc) is 2.67. The van der Waals surface area contributed by atoms with Gasteiger partial charge in [0.2, 0.25) is 0 Å². The number of nitriles is 1. The van der Waals surface area contributed by atoms with E-state index in [4.69, 9.17) is 9.47 Å². The molecule has 1 amide bonds. The van der Waals surface area contributed by atoms with Crippen LogP contribution in [-0.4, -0.2) is 25.1 Å². The van der Waals surface area contributed by atoms with Crippen LogP contribution in [-0.2, 0) is 14.3 Å². The molecule has 0 fully saturated rings. The Labute approximate surface area is 151 Å². The number of nitrogens with zero attached hydrogens (tertiary/aromatic N) is 1. The maximum absolute atomic E-state index is 12.2. The number of carbonyl (C=O) groups is 2. The number of methoxy groups -OCH3 is 1. The van der Waals surface area contributed by atoms with Crippen molar-refractivity contribution >= 4 is 23.6 Å². The highest BCUT2D eigenvalue weighted by molar-refractivity contribution is 6.01. The van der Waals surface area contributed by atoms with Gasteiger partial charge in [0, 0.05) is 5.69 Å². The summed E-state index contributed by atoms with van der Waals surface area (Å²) in [5.41, 5.74) is 1.03. The maximum atomic E-state index is 12.2. The van der Waals surface area contributed by atoms with Crippen LogP contribution in [0, 0.1) is 11.3 Å². The van der Waals surface area contributed by atoms with Gasteiger partial charge in [0.25, 0.3) is 5.91 Å². The van der Waals surface area contributed by atoms with E-state index in [1.54, 1.807) is 61.7 Å². The van der Waals surface area contributed by atoms with Gasteiger partial charge in [-0.3, -0.25) is 4.79 Å². The Bertz CT molecular complexity index is 836. The van der Waals surface area contributed by atoms with Crippen molar-refractivity contribution in [3.63, 3.8) is 0 Å². The lowest BCUT2D eigenvalue weighted by Crippen LogP contribution is -2.30. The zero-order chi connectivity index (χ0) is 18.9. The third kappa shape index (κ3) is 5.21. The Morgan fingerprint density at radius 3 is 2.35 bits per heavy atom. The first-order valence-corrected chi connectivity index (χ1v) is 7.86. The third-order valence-corrected chi connectivity index (χ3v) is 3.46. The molecule has 6 heteroatoms. The molecule has 0 aliphatic heterocycles. The van der Waals surface area contributed by atoms with E-state index in [9.17, 15) is 14.9 Å². The van der Waals surface area contributed by atoms with Crippen molar-refractivity contribution in [3.8, 4) is 11.8 Å². The second-order valence-corrected chi connectivity index (χ2v) is 5.35. The normalized spacial score (nSPS) is 11.8. The Kier molecular flexibility index (Phi) is 6.52. The van der Waals surface area contributed by atoms with Gasteiger partial charge in [-0.05, 0) is 42.8 Å². The number of para-hydroxylation sites is 1. The first kappa shape index (κ1) is 18.7. The smallest absolute Gasteiger partial charge is 0.349 e. The lowest BCUT2D eigenvalue weighted by atomic mass is 10.1. The fourth-order valence-electron chi connectivity index (χ4n) is 2.05. The molecular formula is C20H18N2O4. The number of esters is 1. The summed E-state index contributed by atoms with van der Waals surface area (Å²) in [6, 6.07) is 17.4. The maximum Gasteiger partial charge on any atom is 0.349 e. The Morgan fingerprint density at radius 2 is 1.77 bits per heavy atom. The Balaban J connectivity index is 2.02. The number of ether oxygens (including phenoxy) is 2. The second kappa shape index (κ2) is 9.04. The van der Waals surface area contributed by atoms with Gasteiger partial charge < -0.3 is 14.8 Å². The van der Waals surface area contributed by atoms with E-state index in [0.717, 1.165) is 0 Å². The van der Waals surface area contributed by atoms with Crippen molar-refractivity contribution in [3.05, 3.63) is 65.7 Å². The molecule has 132 valence electrons. The number of rotatable bonds is 6. The van der Waals surface area contributed by atoms with E-state index in [-0.39, 0.29) is 5.57 Å². The number of hydrogen-bond acceptors (Lipinski definition) is 5. The van der Waals surface area contributed by atoms with Crippen molar-refractivity contribution in [2.45, 2.75) is 13.0 Å². The fourth-order valence-corrected chi connectivity index (χ4v) is 2.05. The highest BCUT2D eigenvalue weighted by Crippen LogP contribution is 2.15. The summed E-state index contributed by atoms with van der Waals surface area (Å²) >= 11 is 0. The minimum atomic E-state index is -1.05. The molecule has 2 aromatic rings. The standard InChI is InChI=1S/C20H18N2O4/c1-14(19(23)22-17-6-4-3-5-7-17)26-20(24)16(13-21)12-15-8-10-18(25-2)11-9-15/h3-12,14H,1-2H3,(H,22,23)/b16-12+. The number of anilines is 1. The van der Waals surface area contributed by atoms with E-state index in [1.807, 2.05) is 6.07 Å². The van der Waals surface area contributed by atoms with Crippen molar-refractivity contribution in [1.29, 1.82) is 5.26 Å². The molecule has 1 N–H and O–H groups in total. The largest absolute Gasteiger partial charge is 0.497 e. The molecule has 2 rings (SSSR count). The van der Waals surface area contributed by atoms with Crippen LogP contribution < -0.4 is 10.1 Å². The van der Waals surface area contributed by atoms with Crippen LogP contribution in [0.1, 0.15) is 12.5 Å². The highest BCUT2D eigenvalue weighted by Gasteiger charge is 2.20. The van der Waals surface area contributed by atoms with E-state index in [1.165, 1.54) is 13.0 Å². The lowest BCUT2D eigenvalue weighted by Gasteiger charge is -2.13. The summed E-state index contributed by atoms with van der Waals surface area (Å²) in [5.74, 6) is -0.681. The molecule has 0 heterocycles. The van der Waals surface area contributed by atoms with Crippen molar-refractivity contribution < 1.29 is 19.1 Å². The van der Waals surface area contributed by atoms with Crippen LogP contribution in [0.5, 0.6) is 5.75 Å². The highest BCUT2D eigenvalue weighted by atomic mass is 16.5. The second-order valence-electron chi connectivity index (χ2n) is 5.35. The molecule has 0 aliphatic carbocycles. The predicted molar refractivity (Wildman–Crippen MR) is 97.2 cm³/mol. The SMILES string of the molecule is COc1ccc(/C=C(\C#N)C(=O)OC(C)C(=O)Nc2ccccc2)cc1. The summed E-state index contributed by atoms with van der Waals surface area (Å²) in [6.45, 7) is 1.44. The van der Waals surface area contributed by atoms with E-state index >= 15 is 0 Å². The number of nitrogens with one attached hydrogen (secondary N) is 1. The molecule has 0 saturated carbocycles. The molecule has 2 aromatic carbocycles. The summed E-state index contributed by atoms with van der Waals surface area (Å²) in [5, 5.41) is 11.8. The van der Waals surface area contributed by atoms with Gasteiger partial charge >= 0.3 is 5.97 Å². The number of hydrogen-bond donors (Lipinski definition) is 1. The molecule has 0 aromatic heterocycles. The zero-order valence-electron chi connectivity index (χ0n) is 14.4. The number of amides is 1. The van der Waals surface area contributed by atoms with E-state index in [2.05, 4.69) is 5.32 Å². The van der Waals surface area contributed by atoms with Gasteiger partial charge in [0.1, 0.15) is 17.4 Å². The van der Waals surface area contributed by atoms with Gasteiger partial charge in [-0.2, -0.15) is 5.26 Å². The number of benzene rings is 2. The van der Waals surface area contributed by atoms with Crippen LogP contribution in [0.2, 0.25) is 0 Å².